The Kier molecular flexibility index (Phi) is 4.32. The molecule has 118 valence electrons. The van der Waals surface area contributed by atoms with E-state index in [0.717, 1.165) is 29.1 Å². The number of hydrogen-bond donors (Lipinski definition) is 1. The Morgan fingerprint density at radius 2 is 2.10 bits per heavy atom. The predicted octanol–water partition coefficient (Wildman–Crippen LogP) is 2.47. The second kappa shape index (κ2) is 5.58. The van der Waals surface area contributed by atoms with Crippen LogP contribution < -0.4 is 5.14 Å². The number of thiophene rings is 1. The minimum absolute atomic E-state index is 0.119. The number of carbonyl (C=O) groups excluding carboxylic acids is 1. The number of primary sulfonamides is 1. The first-order valence-electron chi connectivity index (χ1n) is 6.70. The highest BCUT2D eigenvalue weighted by atomic mass is 32.2. The van der Waals surface area contributed by atoms with Gasteiger partial charge >= 0.3 is 6.09 Å². The van der Waals surface area contributed by atoms with Gasteiger partial charge < -0.3 is 9.64 Å². The van der Waals surface area contributed by atoms with Crippen LogP contribution in [0.2, 0.25) is 0 Å². The number of likely N-dealkylation sites (tertiary alicyclic amines) is 1. The Morgan fingerprint density at radius 3 is 2.62 bits per heavy atom. The smallest absolute Gasteiger partial charge is 0.410 e. The number of rotatable bonds is 2. The highest BCUT2D eigenvalue weighted by Crippen LogP contribution is 2.37. The molecule has 2 N–H and O–H groups in total. The van der Waals surface area contributed by atoms with Gasteiger partial charge in [-0.1, -0.05) is 0 Å². The third-order valence-corrected chi connectivity index (χ3v) is 5.72. The normalized spacial score (nSPS) is 19.8. The van der Waals surface area contributed by atoms with Gasteiger partial charge in [-0.3, -0.25) is 0 Å². The largest absolute Gasteiger partial charge is 0.444 e. The monoisotopic (exact) mass is 332 g/mol. The van der Waals surface area contributed by atoms with Crippen molar-refractivity contribution in [3.05, 3.63) is 17.0 Å². The lowest BCUT2D eigenvalue weighted by molar-refractivity contribution is 0.0227. The van der Waals surface area contributed by atoms with E-state index in [1.54, 1.807) is 11.0 Å². The van der Waals surface area contributed by atoms with Gasteiger partial charge in [-0.05, 0) is 45.7 Å². The van der Waals surface area contributed by atoms with Gasteiger partial charge in [0.15, 0.2) is 0 Å². The van der Waals surface area contributed by atoms with Crippen LogP contribution in [0, 0.1) is 0 Å². The quantitative estimate of drug-likeness (QED) is 0.901. The van der Waals surface area contributed by atoms with Crippen LogP contribution >= 0.6 is 11.3 Å². The lowest BCUT2D eigenvalue weighted by Crippen LogP contribution is -2.36. The second-order valence-electron chi connectivity index (χ2n) is 6.03. The van der Waals surface area contributed by atoms with Gasteiger partial charge in [0.05, 0.1) is 6.04 Å². The number of nitrogens with two attached hydrogens (primary N) is 1. The molecule has 6 nitrogen and oxygen atoms in total. The zero-order chi connectivity index (χ0) is 15.8. The lowest BCUT2D eigenvalue weighted by atomic mass is 10.2. The third kappa shape index (κ3) is 3.96. The summed E-state index contributed by atoms with van der Waals surface area (Å²) in [7, 11) is -3.69. The Bertz CT molecular complexity index is 631. The van der Waals surface area contributed by atoms with E-state index in [1.165, 1.54) is 6.07 Å². The minimum Gasteiger partial charge on any atom is -0.444 e. The molecule has 1 saturated heterocycles. The molecule has 1 fully saturated rings. The first kappa shape index (κ1) is 16.3. The van der Waals surface area contributed by atoms with Crippen LogP contribution in [0.25, 0.3) is 0 Å². The predicted molar refractivity (Wildman–Crippen MR) is 80.6 cm³/mol. The number of sulfonamides is 1. The van der Waals surface area contributed by atoms with E-state index < -0.39 is 15.6 Å². The zero-order valence-electron chi connectivity index (χ0n) is 12.3. The summed E-state index contributed by atoms with van der Waals surface area (Å²) in [6.07, 6.45) is 1.30. The van der Waals surface area contributed by atoms with Crippen LogP contribution in [-0.4, -0.2) is 31.6 Å². The zero-order valence-corrected chi connectivity index (χ0v) is 14.0. The van der Waals surface area contributed by atoms with Gasteiger partial charge in [0.25, 0.3) is 0 Å². The van der Waals surface area contributed by atoms with E-state index in [0.29, 0.717) is 6.54 Å². The molecule has 1 aromatic rings. The van der Waals surface area contributed by atoms with Crippen LogP contribution in [0.5, 0.6) is 0 Å². The molecule has 1 aliphatic heterocycles. The van der Waals surface area contributed by atoms with Gasteiger partial charge in [-0.2, -0.15) is 0 Å². The highest BCUT2D eigenvalue weighted by Gasteiger charge is 2.34. The van der Waals surface area contributed by atoms with Crippen LogP contribution in [0.4, 0.5) is 4.79 Å². The molecule has 0 spiro atoms. The van der Waals surface area contributed by atoms with Gasteiger partial charge in [-0.15, -0.1) is 11.3 Å². The van der Waals surface area contributed by atoms with E-state index in [1.807, 2.05) is 20.8 Å². The summed E-state index contributed by atoms with van der Waals surface area (Å²) in [6.45, 7) is 6.07. The first-order valence-corrected chi connectivity index (χ1v) is 9.06. The van der Waals surface area contributed by atoms with Crippen molar-refractivity contribution in [1.29, 1.82) is 0 Å². The maximum atomic E-state index is 12.2. The van der Waals surface area contributed by atoms with Crippen molar-refractivity contribution in [2.45, 2.75) is 49.5 Å². The van der Waals surface area contributed by atoms with E-state index in [-0.39, 0.29) is 16.3 Å². The number of carbonyl (C=O) groups is 1. The van der Waals surface area contributed by atoms with E-state index in [2.05, 4.69) is 0 Å². The fourth-order valence-corrected chi connectivity index (χ4v) is 4.16. The average molecular weight is 332 g/mol. The summed E-state index contributed by atoms with van der Waals surface area (Å²) in [5.74, 6) is 0. The molecule has 2 rings (SSSR count). The molecule has 0 bridgehead atoms. The van der Waals surface area contributed by atoms with Gasteiger partial charge in [0.1, 0.15) is 9.81 Å². The molecular weight excluding hydrogens is 312 g/mol. The maximum absolute atomic E-state index is 12.2. The fourth-order valence-electron chi connectivity index (χ4n) is 2.27. The molecule has 21 heavy (non-hydrogen) atoms. The van der Waals surface area contributed by atoms with Crippen LogP contribution in [-0.2, 0) is 14.8 Å². The van der Waals surface area contributed by atoms with Gasteiger partial charge in [-0.25, -0.2) is 18.4 Å². The number of hydrogen-bond acceptors (Lipinski definition) is 5. The highest BCUT2D eigenvalue weighted by molar-refractivity contribution is 7.91. The van der Waals surface area contributed by atoms with E-state index in [4.69, 9.17) is 9.88 Å². The maximum Gasteiger partial charge on any atom is 0.410 e. The number of nitrogens with zero attached hydrogens (tertiary/aromatic N) is 1. The molecule has 0 aromatic carbocycles. The summed E-state index contributed by atoms with van der Waals surface area (Å²) in [5, 5.41) is 5.12. The van der Waals surface area contributed by atoms with Crippen molar-refractivity contribution in [2.24, 2.45) is 5.14 Å². The molecule has 0 aliphatic carbocycles. The molecule has 1 atom stereocenters. The summed E-state index contributed by atoms with van der Waals surface area (Å²) >= 11 is 1.11. The first-order chi connectivity index (χ1) is 9.58. The Balaban J connectivity index is 2.19. The molecule has 1 amide bonds. The van der Waals surface area contributed by atoms with Gasteiger partial charge in [0, 0.05) is 11.4 Å². The number of amides is 1. The van der Waals surface area contributed by atoms with Gasteiger partial charge in [0.2, 0.25) is 10.0 Å². The van der Waals surface area contributed by atoms with E-state index in [9.17, 15) is 13.2 Å². The molecule has 8 heteroatoms. The summed E-state index contributed by atoms with van der Waals surface area (Å²) < 4.78 is 28.2. The van der Waals surface area contributed by atoms with Crippen molar-refractivity contribution >= 4 is 27.5 Å². The van der Waals surface area contributed by atoms with Crippen LogP contribution in [0.1, 0.15) is 44.5 Å². The Hall–Kier alpha value is -1.12. The van der Waals surface area contributed by atoms with Crippen LogP contribution in [0.3, 0.4) is 0 Å². The lowest BCUT2D eigenvalue weighted by Gasteiger charge is -2.28. The summed E-state index contributed by atoms with van der Waals surface area (Å²) in [4.78, 5) is 14.7. The SMILES string of the molecule is CC(C)(C)OC(=O)N1CCC[C@H]1c1ccc(S(N)(=O)=O)s1. The molecular formula is C13H20N2O4S2. The van der Waals surface area contributed by atoms with Crippen LogP contribution in [0.15, 0.2) is 16.3 Å². The summed E-state index contributed by atoms with van der Waals surface area (Å²) in [5.41, 5.74) is -0.550. The van der Waals surface area contributed by atoms with Crippen molar-refractivity contribution < 1.29 is 17.9 Å². The third-order valence-electron chi connectivity index (χ3n) is 3.09. The Morgan fingerprint density at radius 1 is 1.43 bits per heavy atom. The molecule has 0 unspecified atom stereocenters. The molecule has 0 saturated carbocycles. The average Bonchev–Trinajstić information content (AvgIpc) is 2.94. The topological polar surface area (TPSA) is 89.7 Å². The minimum atomic E-state index is -3.69. The standard InChI is InChI=1S/C13H20N2O4S2/c1-13(2,3)19-12(16)15-8-4-5-9(15)10-6-7-11(20-10)21(14,17)18/h6-7,9H,4-5,8H2,1-3H3,(H2,14,17,18)/t9-/m0/s1. The molecule has 1 aromatic heterocycles. The van der Waals surface area contributed by atoms with Crippen molar-refractivity contribution in [3.8, 4) is 0 Å². The molecule has 1 aliphatic rings. The van der Waals surface area contributed by atoms with Crippen molar-refractivity contribution in [2.75, 3.05) is 6.54 Å². The fraction of sp³-hybridized carbons (Fsp3) is 0.615. The summed E-state index contributed by atoms with van der Waals surface area (Å²) in [6, 6.07) is 3.07. The Labute approximate surface area is 128 Å². The van der Waals surface area contributed by atoms with Crippen molar-refractivity contribution in [1.82, 2.24) is 4.90 Å². The number of ether oxygens (including phenoxy) is 1. The van der Waals surface area contributed by atoms with E-state index >= 15 is 0 Å². The molecule has 2 heterocycles. The second-order valence-corrected chi connectivity index (χ2v) is 8.94. The molecule has 0 radical (unpaired) electrons. The van der Waals surface area contributed by atoms with Crippen molar-refractivity contribution in [3.63, 3.8) is 0 Å².